The molecule has 4 nitrogen and oxygen atoms in total. The van der Waals surface area contributed by atoms with E-state index in [2.05, 4.69) is 218 Å². The lowest BCUT2D eigenvalue weighted by Gasteiger charge is -2.30. The zero-order valence-electron chi connectivity index (χ0n) is 36.6. The van der Waals surface area contributed by atoms with Crippen molar-refractivity contribution in [1.29, 1.82) is 0 Å². The van der Waals surface area contributed by atoms with Crippen LogP contribution >= 0.6 is 11.3 Å². The lowest BCUT2D eigenvalue weighted by molar-refractivity contribution is 0.536. The normalized spacial score (nSPS) is 15.5. The maximum atomic E-state index is 6.90. The molecule has 67 heavy (non-hydrogen) atoms. The predicted octanol–water partition coefficient (Wildman–Crippen LogP) is 17.0. The van der Waals surface area contributed by atoms with Gasteiger partial charge in [-0.25, -0.2) is 4.99 Å². The third kappa shape index (κ3) is 5.91. The number of furan rings is 1. The molecule has 1 aliphatic heterocycles. The first-order valence-corrected chi connectivity index (χ1v) is 24.0. The quantitative estimate of drug-likeness (QED) is 0.164. The van der Waals surface area contributed by atoms with E-state index in [4.69, 9.17) is 14.4 Å². The van der Waals surface area contributed by atoms with E-state index in [0.29, 0.717) is 5.84 Å². The Balaban J connectivity index is 1.08. The van der Waals surface area contributed by atoms with Crippen LogP contribution in [0.4, 0.5) is 0 Å². The van der Waals surface area contributed by atoms with Gasteiger partial charge in [-0.15, -0.1) is 11.3 Å². The highest BCUT2D eigenvalue weighted by atomic mass is 32.1. The van der Waals surface area contributed by atoms with E-state index in [1.54, 1.807) is 0 Å². The molecule has 3 aromatic heterocycles. The number of hydrogen-bond acceptors (Lipinski definition) is 4. The molecule has 10 aromatic carbocycles. The predicted molar refractivity (Wildman–Crippen MR) is 284 cm³/mol. The van der Waals surface area contributed by atoms with Crippen LogP contribution in [0.5, 0.6) is 0 Å². The van der Waals surface area contributed by atoms with Crippen LogP contribution in [-0.2, 0) is 0 Å². The number of benzene rings is 10. The van der Waals surface area contributed by atoms with Gasteiger partial charge in [-0.3, -0.25) is 4.99 Å². The molecule has 0 bridgehead atoms. The molecular formula is C62H41N3OS. The fraction of sp³-hybridized carbons (Fsp3) is 0.0645. The molecule has 0 fully saturated rings. The minimum absolute atomic E-state index is 0.0207. The minimum Gasteiger partial charge on any atom is -0.456 e. The second-order valence-electron chi connectivity index (χ2n) is 17.9. The lowest BCUT2D eigenvalue weighted by atomic mass is 9.81. The van der Waals surface area contributed by atoms with Crippen molar-refractivity contribution in [3.63, 3.8) is 0 Å². The Bertz CT molecular complexity index is 4230. The van der Waals surface area contributed by atoms with Gasteiger partial charge < -0.3 is 8.98 Å². The molecular weight excluding hydrogens is 835 g/mol. The smallest absolute Gasteiger partial charge is 0.155 e. The first-order valence-electron chi connectivity index (χ1n) is 23.2. The highest BCUT2D eigenvalue weighted by Gasteiger charge is 2.34. The zero-order valence-corrected chi connectivity index (χ0v) is 37.5. The van der Waals surface area contributed by atoms with Gasteiger partial charge in [-0.2, -0.15) is 0 Å². The molecule has 2 atom stereocenters. The number of para-hydroxylation sites is 1. The number of hydrogen-bond donors (Lipinski definition) is 0. The van der Waals surface area contributed by atoms with Gasteiger partial charge in [-0.05, 0) is 105 Å². The summed E-state index contributed by atoms with van der Waals surface area (Å²) in [5, 5.41) is 12.0. The molecule has 13 aromatic rings. The van der Waals surface area contributed by atoms with Crippen LogP contribution < -0.4 is 0 Å². The standard InChI is InChI=1S/C62H41N3OS/c1-2-44-60(42-22-14-21-39(32-42)37-16-4-3-5-17-37)63-62(64-61(44)48-26-15-29-56-58(48)47-25-11-13-28-55(47)67-56)43-35-52(59-46-24-10-12-27-53(46)66-54(59)36-43)65-50-31-30-38-18-8-9-23-45(38)57(50)49-33-40-19-6-7-20-41(40)34-51(49)65/h3-36,44,61H,2H2,1H3. The van der Waals surface area contributed by atoms with E-state index in [0.717, 1.165) is 61.9 Å². The fourth-order valence-corrected chi connectivity index (χ4v) is 12.3. The van der Waals surface area contributed by atoms with E-state index >= 15 is 0 Å². The van der Waals surface area contributed by atoms with E-state index in [1.165, 1.54) is 69.2 Å². The van der Waals surface area contributed by atoms with Gasteiger partial charge >= 0.3 is 0 Å². The summed E-state index contributed by atoms with van der Waals surface area (Å²) in [4.78, 5) is 11.6. The second kappa shape index (κ2) is 15.0. The summed E-state index contributed by atoms with van der Waals surface area (Å²) in [6, 6.07) is 74.7. The Kier molecular flexibility index (Phi) is 8.52. The summed E-state index contributed by atoms with van der Waals surface area (Å²) in [7, 11) is 0. The number of thiophene rings is 1. The van der Waals surface area contributed by atoms with E-state index in [-0.39, 0.29) is 12.0 Å². The molecule has 0 radical (unpaired) electrons. The molecule has 0 saturated heterocycles. The summed E-state index contributed by atoms with van der Waals surface area (Å²) in [5.41, 5.74) is 11.6. The fourth-order valence-electron chi connectivity index (χ4n) is 11.1. The summed E-state index contributed by atoms with van der Waals surface area (Å²) in [6.07, 6.45) is 0.866. The Labute approximate surface area is 390 Å². The monoisotopic (exact) mass is 875 g/mol. The van der Waals surface area contributed by atoms with Crippen molar-refractivity contribution < 1.29 is 4.42 Å². The van der Waals surface area contributed by atoms with Crippen molar-refractivity contribution in [2.24, 2.45) is 15.9 Å². The summed E-state index contributed by atoms with van der Waals surface area (Å²) in [6.45, 7) is 2.29. The second-order valence-corrected chi connectivity index (χ2v) is 19.0. The van der Waals surface area contributed by atoms with Crippen molar-refractivity contribution in [3.8, 4) is 16.8 Å². The average molecular weight is 876 g/mol. The van der Waals surface area contributed by atoms with Crippen molar-refractivity contribution in [2.45, 2.75) is 19.4 Å². The topological polar surface area (TPSA) is 42.8 Å². The van der Waals surface area contributed by atoms with Crippen LogP contribution in [0.25, 0.3) is 102 Å². The number of aliphatic imine (C=N–C) groups is 2. The summed E-state index contributed by atoms with van der Waals surface area (Å²) in [5.74, 6) is 0.721. The Morgan fingerprint density at radius 3 is 2.04 bits per heavy atom. The Hall–Kier alpha value is -8.12. The molecule has 0 amide bonds. The first-order chi connectivity index (χ1) is 33.2. The van der Waals surface area contributed by atoms with Crippen LogP contribution in [-0.4, -0.2) is 16.1 Å². The van der Waals surface area contributed by atoms with E-state index < -0.39 is 0 Å². The Morgan fingerprint density at radius 2 is 1.18 bits per heavy atom. The average Bonchev–Trinajstić information content (AvgIpc) is 4.07. The summed E-state index contributed by atoms with van der Waals surface area (Å²) >= 11 is 1.86. The van der Waals surface area contributed by atoms with Gasteiger partial charge in [0.2, 0.25) is 0 Å². The highest BCUT2D eigenvalue weighted by Crippen LogP contribution is 2.46. The van der Waals surface area contributed by atoms with Gasteiger partial charge in [-0.1, -0.05) is 159 Å². The molecule has 5 heteroatoms. The molecule has 14 rings (SSSR count). The largest absolute Gasteiger partial charge is 0.456 e. The molecule has 0 spiro atoms. The zero-order chi connectivity index (χ0) is 44.2. The molecule has 0 N–H and O–H groups in total. The first kappa shape index (κ1) is 38.2. The highest BCUT2D eigenvalue weighted by molar-refractivity contribution is 7.25. The van der Waals surface area contributed by atoms with Crippen LogP contribution in [0.3, 0.4) is 0 Å². The van der Waals surface area contributed by atoms with Crippen LogP contribution in [0.15, 0.2) is 221 Å². The van der Waals surface area contributed by atoms with Crippen molar-refractivity contribution >= 4 is 108 Å². The SMILES string of the molecule is CCC1C(c2cccc(-c3ccccc3)c2)=NC(c2cc(-n3c4cc5ccccc5cc4c4c5ccccc5ccc43)c3c(c2)oc2ccccc23)=NC1c1cccc2sc3ccccc3c12. The number of aromatic nitrogens is 1. The molecule has 0 aliphatic carbocycles. The molecule has 4 heterocycles. The van der Waals surface area contributed by atoms with Gasteiger partial charge in [0.05, 0.1) is 33.9 Å². The third-order valence-electron chi connectivity index (χ3n) is 14.2. The maximum Gasteiger partial charge on any atom is 0.155 e. The molecule has 316 valence electrons. The number of nitrogens with zero attached hydrogens (tertiary/aromatic N) is 3. The molecule has 0 saturated carbocycles. The van der Waals surface area contributed by atoms with Crippen LogP contribution in [0, 0.1) is 5.92 Å². The summed E-state index contributed by atoms with van der Waals surface area (Å²) < 4.78 is 11.9. The molecule has 1 aliphatic rings. The number of fused-ring (bicyclic) bond motifs is 12. The maximum absolute atomic E-state index is 6.90. The number of amidine groups is 1. The van der Waals surface area contributed by atoms with Crippen molar-refractivity contribution in [2.75, 3.05) is 0 Å². The van der Waals surface area contributed by atoms with Crippen molar-refractivity contribution in [1.82, 2.24) is 4.57 Å². The third-order valence-corrected chi connectivity index (χ3v) is 15.3. The van der Waals surface area contributed by atoms with Gasteiger partial charge in [0.1, 0.15) is 11.2 Å². The van der Waals surface area contributed by atoms with Crippen LogP contribution in [0.2, 0.25) is 0 Å². The van der Waals surface area contributed by atoms with Crippen LogP contribution in [0.1, 0.15) is 36.1 Å². The van der Waals surface area contributed by atoms with Crippen molar-refractivity contribution in [3.05, 3.63) is 223 Å². The van der Waals surface area contributed by atoms with E-state index in [9.17, 15) is 0 Å². The number of rotatable bonds is 6. The van der Waals surface area contributed by atoms with Gasteiger partial charge in [0.15, 0.2) is 5.84 Å². The lowest BCUT2D eigenvalue weighted by Crippen LogP contribution is -2.28. The minimum atomic E-state index is -0.199. The molecule has 2 unspecified atom stereocenters. The van der Waals surface area contributed by atoms with E-state index in [1.807, 2.05) is 11.3 Å². The van der Waals surface area contributed by atoms with Gasteiger partial charge in [0, 0.05) is 47.8 Å². The van der Waals surface area contributed by atoms with Gasteiger partial charge in [0.25, 0.3) is 0 Å². The Morgan fingerprint density at radius 1 is 0.478 bits per heavy atom.